The number of benzene rings is 2. The molecule has 10 heteroatoms. The second-order valence-electron chi connectivity index (χ2n) is 6.08. The van der Waals surface area contributed by atoms with E-state index in [1.807, 2.05) is 0 Å². The van der Waals surface area contributed by atoms with E-state index in [2.05, 4.69) is 10.3 Å². The van der Waals surface area contributed by atoms with Crippen molar-refractivity contribution in [3.63, 3.8) is 0 Å². The molecule has 0 saturated carbocycles. The number of alkyl halides is 6. The van der Waals surface area contributed by atoms with Crippen molar-refractivity contribution in [1.29, 1.82) is 0 Å². The minimum Gasteiger partial charge on any atom is -0.325 e. The molecule has 3 rings (SSSR count). The van der Waals surface area contributed by atoms with Crippen molar-refractivity contribution in [3.8, 4) is 0 Å². The second kappa shape index (κ2) is 6.84. The molecule has 0 saturated heterocycles. The van der Waals surface area contributed by atoms with Crippen molar-refractivity contribution < 1.29 is 31.1 Å². The zero-order valence-electron chi connectivity index (χ0n) is 14.3. The molecule has 0 atom stereocenters. The fourth-order valence-corrected chi connectivity index (χ4v) is 2.80. The van der Waals surface area contributed by atoms with Crippen molar-refractivity contribution in [1.82, 2.24) is 9.55 Å². The maximum atomic E-state index is 13.3. The van der Waals surface area contributed by atoms with Gasteiger partial charge in [0.2, 0.25) is 11.7 Å². The lowest BCUT2D eigenvalue weighted by Crippen LogP contribution is -2.23. The van der Waals surface area contributed by atoms with Gasteiger partial charge >= 0.3 is 12.4 Å². The Balaban J connectivity index is 1.91. The molecule has 28 heavy (non-hydrogen) atoms. The Labute approximate surface area is 154 Å². The Morgan fingerprint density at radius 3 is 2.36 bits per heavy atom. The lowest BCUT2D eigenvalue weighted by Gasteiger charge is -2.14. The lowest BCUT2D eigenvalue weighted by atomic mass is 10.1. The predicted octanol–water partition coefficient (Wildman–Crippen LogP) is 5.02. The van der Waals surface area contributed by atoms with E-state index in [-0.39, 0.29) is 22.3 Å². The first-order valence-corrected chi connectivity index (χ1v) is 7.97. The van der Waals surface area contributed by atoms with Crippen molar-refractivity contribution in [2.24, 2.45) is 0 Å². The van der Waals surface area contributed by atoms with Crippen LogP contribution < -0.4 is 5.32 Å². The third-order valence-electron chi connectivity index (χ3n) is 4.04. The standard InChI is InChI=1S/C18H13F6N3O/c1-10-6-7-11(8-12(10)17(19,20)21)25-15(28)9-27-14-5-3-2-4-13(14)26-16(27)18(22,23)24/h2-8H,9H2,1H3,(H,25,28). The number of fused-ring (bicyclic) bond motifs is 1. The highest BCUT2D eigenvalue weighted by Gasteiger charge is 2.38. The molecule has 0 aliphatic rings. The fourth-order valence-electron chi connectivity index (χ4n) is 2.80. The Morgan fingerprint density at radius 1 is 1.04 bits per heavy atom. The molecule has 0 unspecified atom stereocenters. The zero-order chi connectivity index (χ0) is 20.7. The SMILES string of the molecule is Cc1ccc(NC(=O)Cn2c(C(F)(F)F)nc3ccccc32)cc1C(F)(F)F. The molecular formula is C18H13F6N3O. The first kappa shape index (κ1) is 19.7. The first-order valence-electron chi connectivity index (χ1n) is 7.97. The van der Waals surface area contributed by atoms with Crippen molar-refractivity contribution >= 4 is 22.6 Å². The van der Waals surface area contributed by atoms with Crippen LogP contribution in [0.3, 0.4) is 0 Å². The number of carbonyl (C=O) groups is 1. The largest absolute Gasteiger partial charge is 0.449 e. The van der Waals surface area contributed by atoms with Crippen LogP contribution in [0.25, 0.3) is 11.0 Å². The number of nitrogens with zero attached hydrogens (tertiary/aromatic N) is 2. The van der Waals surface area contributed by atoms with Gasteiger partial charge in [-0.1, -0.05) is 18.2 Å². The molecule has 1 aromatic heterocycles. The lowest BCUT2D eigenvalue weighted by molar-refractivity contribution is -0.147. The van der Waals surface area contributed by atoms with Gasteiger partial charge in [-0.25, -0.2) is 4.98 Å². The van der Waals surface area contributed by atoms with E-state index in [0.29, 0.717) is 4.57 Å². The molecule has 148 valence electrons. The summed E-state index contributed by atoms with van der Waals surface area (Å²) < 4.78 is 79.4. The number of rotatable bonds is 3. The number of aromatic nitrogens is 2. The van der Waals surface area contributed by atoms with Crippen LogP contribution in [0.4, 0.5) is 32.0 Å². The minimum absolute atomic E-state index is 0.0366. The number of para-hydroxylation sites is 2. The Morgan fingerprint density at radius 2 is 1.71 bits per heavy atom. The molecule has 1 amide bonds. The van der Waals surface area contributed by atoms with Gasteiger partial charge < -0.3 is 9.88 Å². The molecule has 0 aliphatic carbocycles. The van der Waals surface area contributed by atoms with Gasteiger partial charge in [-0.2, -0.15) is 26.3 Å². The van der Waals surface area contributed by atoms with E-state index in [4.69, 9.17) is 0 Å². The predicted molar refractivity (Wildman–Crippen MR) is 89.5 cm³/mol. The van der Waals surface area contributed by atoms with Gasteiger partial charge in [0.25, 0.3) is 0 Å². The summed E-state index contributed by atoms with van der Waals surface area (Å²) in [5.74, 6) is -2.17. The number of anilines is 1. The molecule has 4 nitrogen and oxygen atoms in total. The van der Waals surface area contributed by atoms with E-state index >= 15 is 0 Å². The number of amides is 1. The number of hydrogen-bond acceptors (Lipinski definition) is 2. The average Bonchev–Trinajstić information content (AvgIpc) is 2.94. The number of imidazole rings is 1. The van der Waals surface area contributed by atoms with Crippen LogP contribution in [0.5, 0.6) is 0 Å². The monoisotopic (exact) mass is 401 g/mol. The molecule has 1 heterocycles. The van der Waals surface area contributed by atoms with E-state index in [9.17, 15) is 31.1 Å². The van der Waals surface area contributed by atoms with Crippen LogP contribution >= 0.6 is 0 Å². The highest BCUT2D eigenvalue weighted by molar-refractivity contribution is 5.92. The van der Waals surface area contributed by atoms with Gasteiger partial charge in [0.15, 0.2) is 0 Å². The minimum atomic E-state index is -4.80. The van der Waals surface area contributed by atoms with Crippen LogP contribution in [-0.4, -0.2) is 15.5 Å². The molecule has 0 bridgehead atoms. The van der Waals surface area contributed by atoms with Crippen molar-refractivity contribution in [3.05, 3.63) is 59.4 Å². The topological polar surface area (TPSA) is 46.9 Å². The number of aryl methyl sites for hydroxylation is 1. The van der Waals surface area contributed by atoms with Gasteiger partial charge in [0.05, 0.1) is 16.6 Å². The van der Waals surface area contributed by atoms with E-state index in [0.717, 1.165) is 6.07 Å². The van der Waals surface area contributed by atoms with Gasteiger partial charge in [-0.05, 0) is 36.8 Å². The van der Waals surface area contributed by atoms with E-state index in [1.165, 1.54) is 43.3 Å². The normalized spacial score (nSPS) is 12.4. The van der Waals surface area contributed by atoms with Gasteiger partial charge in [0, 0.05) is 5.69 Å². The quantitative estimate of drug-likeness (QED) is 0.627. The maximum Gasteiger partial charge on any atom is 0.449 e. The molecule has 0 aliphatic heterocycles. The molecule has 0 spiro atoms. The van der Waals surface area contributed by atoms with Crippen LogP contribution in [0.2, 0.25) is 0 Å². The summed E-state index contributed by atoms with van der Waals surface area (Å²) in [7, 11) is 0. The number of hydrogen-bond donors (Lipinski definition) is 1. The van der Waals surface area contributed by atoms with E-state index in [1.54, 1.807) is 0 Å². The van der Waals surface area contributed by atoms with Crippen LogP contribution in [0, 0.1) is 6.92 Å². The van der Waals surface area contributed by atoms with Crippen LogP contribution in [0.1, 0.15) is 17.0 Å². The Kier molecular flexibility index (Phi) is 4.82. The van der Waals surface area contributed by atoms with Crippen molar-refractivity contribution in [2.75, 3.05) is 5.32 Å². The number of halogens is 6. The highest BCUT2D eigenvalue weighted by Crippen LogP contribution is 2.34. The summed E-state index contributed by atoms with van der Waals surface area (Å²) in [6.07, 6.45) is -9.42. The summed E-state index contributed by atoms with van der Waals surface area (Å²) in [6, 6.07) is 8.90. The molecular weight excluding hydrogens is 388 g/mol. The molecule has 0 fully saturated rings. The smallest absolute Gasteiger partial charge is 0.325 e. The number of nitrogens with one attached hydrogen (secondary N) is 1. The molecule has 0 radical (unpaired) electrons. The zero-order valence-corrected chi connectivity index (χ0v) is 14.3. The van der Waals surface area contributed by atoms with Crippen LogP contribution in [-0.2, 0) is 23.7 Å². The summed E-state index contributed by atoms with van der Waals surface area (Å²) in [4.78, 5) is 15.8. The Bertz CT molecular complexity index is 1040. The summed E-state index contributed by atoms with van der Waals surface area (Å²) in [6.45, 7) is 0.506. The Hall–Kier alpha value is -3.04. The third-order valence-corrected chi connectivity index (χ3v) is 4.04. The summed E-state index contributed by atoms with van der Waals surface area (Å²) in [5, 5.41) is 2.21. The first-order chi connectivity index (χ1) is 13.0. The third kappa shape index (κ3) is 3.95. The second-order valence-corrected chi connectivity index (χ2v) is 6.08. The van der Waals surface area contributed by atoms with Gasteiger partial charge in [0.1, 0.15) is 6.54 Å². The van der Waals surface area contributed by atoms with E-state index < -0.39 is 36.2 Å². The molecule has 1 N–H and O–H groups in total. The van der Waals surface area contributed by atoms with Gasteiger partial charge in [-0.15, -0.1) is 0 Å². The fraction of sp³-hybridized carbons (Fsp3) is 0.222. The van der Waals surface area contributed by atoms with Crippen LogP contribution in [0.15, 0.2) is 42.5 Å². The maximum absolute atomic E-state index is 13.3. The molecule has 3 aromatic rings. The summed E-state index contributed by atoms with van der Waals surface area (Å²) in [5.41, 5.74) is -0.997. The van der Waals surface area contributed by atoms with Crippen molar-refractivity contribution in [2.45, 2.75) is 25.8 Å². The average molecular weight is 401 g/mol. The van der Waals surface area contributed by atoms with Gasteiger partial charge in [-0.3, -0.25) is 4.79 Å². The molecule has 2 aromatic carbocycles. The highest BCUT2D eigenvalue weighted by atomic mass is 19.4. The summed E-state index contributed by atoms with van der Waals surface area (Å²) >= 11 is 0. The number of carbonyl (C=O) groups excluding carboxylic acids is 1.